The predicted octanol–water partition coefficient (Wildman–Crippen LogP) is -0.269. The van der Waals surface area contributed by atoms with Crippen molar-refractivity contribution >= 4 is 88.5 Å². The zero-order chi connectivity index (χ0) is 29.0. The van der Waals surface area contributed by atoms with Crippen molar-refractivity contribution in [1.82, 2.24) is 15.0 Å². The summed E-state index contributed by atoms with van der Waals surface area (Å²) in [6, 6.07) is 32.8. The Morgan fingerprint density at radius 3 is 1.36 bits per heavy atom. The number of para-hydroxylation sites is 2. The first-order chi connectivity index (χ1) is 20.4. The third-order valence-corrected chi connectivity index (χ3v) is 8.73. The van der Waals surface area contributed by atoms with Crippen LogP contribution in [0.5, 0.6) is 0 Å². The van der Waals surface area contributed by atoms with Crippen LogP contribution < -0.4 is 27.3 Å². The van der Waals surface area contributed by atoms with Crippen LogP contribution in [0.25, 0.3) is 67.2 Å². The van der Waals surface area contributed by atoms with Crippen LogP contribution in [0.2, 0.25) is 0 Å². The lowest BCUT2D eigenvalue weighted by Gasteiger charge is -2.20. The summed E-state index contributed by atoms with van der Waals surface area (Å²) >= 11 is 0. The minimum absolute atomic E-state index is 0.586. The number of hydrogen-bond donors (Lipinski definition) is 0. The van der Waals surface area contributed by atoms with E-state index in [1.165, 1.54) is 32.9 Å². The molecule has 0 radical (unpaired) electrons. The van der Waals surface area contributed by atoms with E-state index in [1.54, 1.807) is 0 Å². The van der Waals surface area contributed by atoms with Gasteiger partial charge >= 0.3 is 0 Å². The lowest BCUT2D eigenvalue weighted by Crippen LogP contribution is -2.55. The highest BCUT2D eigenvalue weighted by Crippen LogP contribution is 2.39. The predicted molar refractivity (Wildman–Crippen MR) is 190 cm³/mol. The molecule has 9 heteroatoms. The van der Waals surface area contributed by atoms with Crippen LogP contribution in [-0.2, 0) is 0 Å². The fraction of sp³-hybridized carbons (Fsp3) is 0. The molecule has 42 heavy (non-hydrogen) atoms. The Morgan fingerprint density at radius 1 is 0.405 bits per heavy atom. The summed E-state index contributed by atoms with van der Waals surface area (Å²) in [5, 5.41) is 2.13. The third kappa shape index (κ3) is 4.19. The molecule has 0 aliphatic heterocycles. The highest BCUT2D eigenvalue weighted by atomic mass is 16.3. The molecule has 0 N–H and O–H groups in total. The Balaban J connectivity index is 1.50. The van der Waals surface area contributed by atoms with E-state index < -0.39 is 0 Å². The van der Waals surface area contributed by atoms with Gasteiger partial charge in [-0.15, -0.1) is 16.4 Å². The van der Waals surface area contributed by atoms with Gasteiger partial charge in [-0.3, -0.25) is 0 Å². The lowest BCUT2D eigenvalue weighted by atomic mass is 9.59. The maximum Gasteiger partial charge on any atom is 0.167 e. The molecule has 0 atom stereocenters. The maximum atomic E-state index is 6.83. The Hall–Kier alpha value is -4.77. The number of aromatic nitrogens is 3. The van der Waals surface area contributed by atoms with Crippen LogP contribution in [-0.4, -0.2) is 54.2 Å². The van der Waals surface area contributed by atoms with Crippen LogP contribution in [0.3, 0.4) is 0 Å². The third-order valence-electron chi connectivity index (χ3n) is 8.73. The minimum Gasteiger partial charge on any atom is -0.455 e. The number of benzene rings is 5. The van der Waals surface area contributed by atoms with E-state index in [-0.39, 0.29) is 0 Å². The number of nitrogens with zero attached hydrogens (tertiary/aromatic N) is 3. The fourth-order valence-electron chi connectivity index (χ4n) is 6.03. The van der Waals surface area contributed by atoms with Crippen molar-refractivity contribution in [2.24, 2.45) is 0 Å². The van der Waals surface area contributed by atoms with E-state index >= 15 is 0 Å². The van der Waals surface area contributed by atoms with Gasteiger partial charge in [-0.1, -0.05) is 102 Å². The molecule has 0 saturated carbocycles. The second kappa shape index (κ2) is 10.3. The summed E-state index contributed by atoms with van der Waals surface area (Å²) in [5.41, 5.74) is 13.3. The molecule has 7 rings (SSSR count). The Morgan fingerprint density at radius 2 is 0.833 bits per heavy atom. The van der Waals surface area contributed by atoms with Gasteiger partial charge in [-0.25, -0.2) is 15.0 Å². The van der Waals surface area contributed by atoms with Gasteiger partial charge in [0.25, 0.3) is 0 Å². The van der Waals surface area contributed by atoms with E-state index in [9.17, 15) is 0 Å². The summed E-state index contributed by atoms with van der Waals surface area (Å²) in [6.45, 7) is 0. The molecule has 2 aromatic heterocycles. The molecule has 0 spiro atoms. The molecule has 0 amide bonds. The van der Waals surface area contributed by atoms with Gasteiger partial charge in [0, 0.05) is 27.5 Å². The summed E-state index contributed by atoms with van der Waals surface area (Å²) < 4.78 is 6.83. The fourth-order valence-corrected chi connectivity index (χ4v) is 6.03. The molecule has 0 bridgehead atoms. The van der Waals surface area contributed by atoms with Gasteiger partial charge in [0.2, 0.25) is 0 Å². The minimum atomic E-state index is 0.586. The van der Waals surface area contributed by atoms with Gasteiger partial charge in [0.05, 0.1) is 5.56 Å². The molecule has 0 aliphatic rings. The Labute approximate surface area is 249 Å². The average Bonchev–Trinajstić information content (AvgIpc) is 3.43. The topological polar surface area (TPSA) is 51.8 Å². The van der Waals surface area contributed by atoms with Crippen LogP contribution in [0.15, 0.2) is 101 Å². The van der Waals surface area contributed by atoms with Crippen LogP contribution in [0, 0.1) is 0 Å². The van der Waals surface area contributed by atoms with Crippen molar-refractivity contribution in [3.05, 3.63) is 97.1 Å². The Bertz CT molecular complexity index is 2060. The first-order valence-corrected chi connectivity index (χ1v) is 14.3. The molecule has 7 aromatic rings. The van der Waals surface area contributed by atoms with Gasteiger partial charge in [-0.05, 0) is 11.6 Å². The smallest absolute Gasteiger partial charge is 0.167 e. The molecule has 0 unspecified atom stereocenters. The molecule has 4 nitrogen and oxygen atoms in total. The van der Waals surface area contributed by atoms with E-state index in [0.29, 0.717) is 17.5 Å². The van der Waals surface area contributed by atoms with Gasteiger partial charge in [0.1, 0.15) is 50.4 Å². The van der Waals surface area contributed by atoms with Crippen LogP contribution in [0.4, 0.5) is 0 Å². The first kappa shape index (κ1) is 26.2. The molecule has 2 heterocycles. The van der Waals surface area contributed by atoms with Crippen molar-refractivity contribution in [3.63, 3.8) is 0 Å². The Kier molecular flexibility index (Phi) is 6.39. The molecule has 0 aliphatic carbocycles. The lowest BCUT2D eigenvalue weighted by molar-refractivity contribution is 0.670. The largest absolute Gasteiger partial charge is 0.455 e. The monoisotopic (exact) mass is 535 g/mol. The van der Waals surface area contributed by atoms with E-state index in [1.807, 2.05) is 66.7 Å². The second-order valence-corrected chi connectivity index (χ2v) is 11.0. The van der Waals surface area contributed by atoms with Crippen molar-refractivity contribution in [2.75, 3.05) is 0 Å². The molecular formula is C33H26B5N3O. The SMILES string of the molecule is Bc1c(B)c(B)c(-c2cccc3c2oc2c(-c4nc(-c5ccccc5)nc(-c5ccccc5)n4)cccc23)c(B)c1B. The van der Waals surface area contributed by atoms with Crippen molar-refractivity contribution in [2.45, 2.75) is 0 Å². The quantitative estimate of drug-likeness (QED) is 0.292. The highest BCUT2D eigenvalue weighted by molar-refractivity contribution is 6.68. The van der Waals surface area contributed by atoms with Crippen molar-refractivity contribution in [1.29, 1.82) is 0 Å². The number of fused-ring (bicyclic) bond motifs is 3. The summed E-state index contributed by atoms with van der Waals surface area (Å²) in [7, 11) is 11.1. The van der Waals surface area contributed by atoms with E-state index in [4.69, 9.17) is 19.4 Å². The van der Waals surface area contributed by atoms with E-state index in [2.05, 4.69) is 69.6 Å². The standard InChI is InChI=1S/C33H26B5N3O/c34-24-23(25(35)27(37)28(38)26(24)36)21-15-7-13-19-20-14-8-16-22(30(20)42-29(19)21)33-40-31(17-9-3-1-4-10-17)39-32(41-33)18-11-5-2-6-12-18/h1-16H,34-38H2. The average molecular weight is 535 g/mol. The zero-order valence-electron chi connectivity index (χ0n) is 24.5. The summed E-state index contributed by atoms with van der Waals surface area (Å²) in [4.78, 5) is 14.8. The first-order valence-electron chi connectivity index (χ1n) is 14.3. The number of furan rings is 1. The van der Waals surface area contributed by atoms with Crippen molar-refractivity contribution in [3.8, 4) is 45.3 Å². The van der Waals surface area contributed by atoms with E-state index in [0.717, 1.165) is 44.2 Å². The molecular weight excluding hydrogens is 508 g/mol. The summed E-state index contributed by atoms with van der Waals surface area (Å²) in [6.07, 6.45) is 0. The zero-order valence-corrected chi connectivity index (χ0v) is 24.5. The summed E-state index contributed by atoms with van der Waals surface area (Å²) in [5.74, 6) is 1.85. The number of rotatable bonds is 4. The maximum absolute atomic E-state index is 6.83. The van der Waals surface area contributed by atoms with Gasteiger partial charge in [0.15, 0.2) is 17.5 Å². The van der Waals surface area contributed by atoms with Crippen LogP contribution >= 0.6 is 0 Å². The van der Waals surface area contributed by atoms with Crippen molar-refractivity contribution < 1.29 is 4.42 Å². The second-order valence-electron chi connectivity index (χ2n) is 11.0. The van der Waals surface area contributed by atoms with Crippen LogP contribution in [0.1, 0.15) is 0 Å². The van der Waals surface area contributed by atoms with Gasteiger partial charge < -0.3 is 4.42 Å². The molecule has 0 saturated heterocycles. The molecule has 0 fully saturated rings. The number of hydrogen-bond acceptors (Lipinski definition) is 4. The molecule has 5 aromatic carbocycles. The van der Waals surface area contributed by atoms with Gasteiger partial charge in [-0.2, -0.15) is 0 Å². The highest BCUT2D eigenvalue weighted by Gasteiger charge is 2.21. The normalized spacial score (nSPS) is 11.3. The molecule has 194 valence electrons.